The molecule has 1 aliphatic rings. The molecular formula is C24H26N4OS. The molecule has 0 bridgehead atoms. The summed E-state index contributed by atoms with van der Waals surface area (Å²) >= 11 is 1.46. The number of nitrogens with zero attached hydrogens (tertiary/aromatic N) is 4. The van der Waals surface area contributed by atoms with E-state index in [-0.39, 0.29) is 11.2 Å². The van der Waals surface area contributed by atoms with Crippen molar-refractivity contribution in [3.05, 3.63) is 72.3 Å². The number of aryl methyl sites for hydroxylation is 2. The summed E-state index contributed by atoms with van der Waals surface area (Å²) < 4.78 is 2.03. The Hall–Kier alpha value is -2.86. The number of thioether (sulfide) groups is 1. The van der Waals surface area contributed by atoms with E-state index in [2.05, 4.69) is 41.9 Å². The van der Waals surface area contributed by atoms with Crippen LogP contribution in [0.2, 0.25) is 0 Å². The molecule has 3 aromatic rings. The van der Waals surface area contributed by atoms with Crippen LogP contribution in [-0.2, 0) is 17.8 Å². The van der Waals surface area contributed by atoms with E-state index >= 15 is 0 Å². The zero-order chi connectivity index (χ0) is 21.1. The van der Waals surface area contributed by atoms with Crippen molar-refractivity contribution in [3.63, 3.8) is 0 Å². The fourth-order valence-electron chi connectivity index (χ4n) is 3.86. The molecule has 0 radical (unpaired) electrons. The molecule has 0 fully saturated rings. The monoisotopic (exact) mass is 418 g/mol. The number of carbonyl (C=O) groups excluding carboxylic acids is 1. The Morgan fingerprint density at radius 3 is 2.87 bits per heavy atom. The molecule has 6 heteroatoms. The van der Waals surface area contributed by atoms with E-state index in [0.29, 0.717) is 6.54 Å². The second-order valence-electron chi connectivity index (χ2n) is 7.56. The van der Waals surface area contributed by atoms with Gasteiger partial charge in [0.1, 0.15) is 0 Å². The minimum Gasteiger partial charge on any atom is -0.311 e. The van der Waals surface area contributed by atoms with E-state index in [1.807, 2.05) is 52.8 Å². The predicted octanol–water partition coefficient (Wildman–Crippen LogP) is 4.90. The SMILES string of the molecule is C=CCn1c(SC(C)C(=O)N2CCCc3ccccc32)nnc1-c1cccc(C)c1. The molecule has 1 aliphatic heterocycles. The van der Waals surface area contributed by atoms with Gasteiger partial charge in [-0.2, -0.15) is 0 Å². The van der Waals surface area contributed by atoms with Crippen molar-refractivity contribution in [1.82, 2.24) is 14.8 Å². The van der Waals surface area contributed by atoms with Gasteiger partial charge in [0.15, 0.2) is 11.0 Å². The molecule has 0 spiro atoms. The van der Waals surface area contributed by atoms with Gasteiger partial charge in [0.2, 0.25) is 5.91 Å². The van der Waals surface area contributed by atoms with E-state index in [0.717, 1.165) is 41.6 Å². The summed E-state index contributed by atoms with van der Waals surface area (Å²) in [4.78, 5) is 15.2. The maximum absolute atomic E-state index is 13.3. The van der Waals surface area contributed by atoms with Gasteiger partial charge in [-0.3, -0.25) is 9.36 Å². The highest BCUT2D eigenvalue weighted by atomic mass is 32.2. The molecule has 1 aromatic heterocycles. The lowest BCUT2D eigenvalue weighted by Crippen LogP contribution is -2.40. The van der Waals surface area contributed by atoms with E-state index in [4.69, 9.17) is 0 Å². The van der Waals surface area contributed by atoms with Crippen molar-refractivity contribution < 1.29 is 4.79 Å². The largest absolute Gasteiger partial charge is 0.311 e. The molecular weight excluding hydrogens is 392 g/mol. The van der Waals surface area contributed by atoms with Crippen LogP contribution in [0.4, 0.5) is 5.69 Å². The third-order valence-corrected chi connectivity index (χ3v) is 6.38. The van der Waals surface area contributed by atoms with Crippen LogP contribution in [0.1, 0.15) is 24.5 Å². The van der Waals surface area contributed by atoms with Crippen molar-refractivity contribution in [2.75, 3.05) is 11.4 Å². The molecule has 0 saturated heterocycles. The third kappa shape index (κ3) is 4.05. The fraction of sp³-hybridized carbons (Fsp3) is 0.292. The van der Waals surface area contributed by atoms with Crippen LogP contribution >= 0.6 is 11.8 Å². The number of amides is 1. The molecule has 0 N–H and O–H groups in total. The van der Waals surface area contributed by atoms with E-state index in [1.54, 1.807) is 0 Å². The third-order valence-electron chi connectivity index (χ3n) is 5.31. The summed E-state index contributed by atoms with van der Waals surface area (Å²) in [6.45, 7) is 9.24. The number of rotatable bonds is 6. The molecule has 1 amide bonds. The van der Waals surface area contributed by atoms with Crippen molar-refractivity contribution in [2.24, 2.45) is 0 Å². The highest BCUT2D eigenvalue weighted by Crippen LogP contribution is 2.32. The van der Waals surface area contributed by atoms with Crippen LogP contribution in [0.15, 0.2) is 66.3 Å². The lowest BCUT2D eigenvalue weighted by molar-refractivity contribution is -0.117. The Morgan fingerprint density at radius 2 is 2.07 bits per heavy atom. The van der Waals surface area contributed by atoms with Crippen molar-refractivity contribution in [2.45, 2.75) is 43.6 Å². The van der Waals surface area contributed by atoms with E-state index < -0.39 is 0 Å². The summed E-state index contributed by atoms with van der Waals surface area (Å²) in [5, 5.41) is 9.30. The molecule has 2 aromatic carbocycles. The average Bonchev–Trinajstić information content (AvgIpc) is 3.15. The van der Waals surface area contributed by atoms with Gasteiger partial charge in [-0.15, -0.1) is 16.8 Å². The second kappa shape index (κ2) is 8.88. The summed E-state index contributed by atoms with van der Waals surface area (Å²) in [5.74, 6) is 0.904. The molecule has 4 rings (SSSR count). The Kier molecular flexibility index (Phi) is 6.04. The first kappa shape index (κ1) is 20.4. The minimum atomic E-state index is -0.269. The molecule has 154 valence electrons. The number of aromatic nitrogens is 3. The summed E-state index contributed by atoms with van der Waals surface area (Å²) in [6, 6.07) is 16.4. The number of benzene rings is 2. The predicted molar refractivity (Wildman–Crippen MR) is 123 cm³/mol. The maximum atomic E-state index is 13.3. The maximum Gasteiger partial charge on any atom is 0.240 e. The van der Waals surface area contributed by atoms with Gasteiger partial charge in [-0.25, -0.2) is 0 Å². The second-order valence-corrected chi connectivity index (χ2v) is 8.87. The normalized spacial score (nSPS) is 14.3. The van der Waals surface area contributed by atoms with E-state index in [1.165, 1.54) is 22.9 Å². The van der Waals surface area contributed by atoms with Crippen LogP contribution in [-0.4, -0.2) is 32.5 Å². The van der Waals surface area contributed by atoms with Crippen LogP contribution in [0.5, 0.6) is 0 Å². The lowest BCUT2D eigenvalue weighted by atomic mass is 10.0. The van der Waals surface area contributed by atoms with Crippen molar-refractivity contribution >= 4 is 23.4 Å². The van der Waals surface area contributed by atoms with Gasteiger partial charge in [0, 0.05) is 24.3 Å². The summed E-state index contributed by atoms with van der Waals surface area (Å²) in [5.41, 5.74) is 4.46. The highest BCUT2D eigenvalue weighted by molar-refractivity contribution is 8.00. The lowest BCUT2D eigenvalue weighted by Gasteiger charge is -2.31. The van der Waals surface area contributed by atoms with Gasteiger partial charge in [-0.05, 0) is 44.4 Å². The van der Waals surface area contributed by atoms with Crippen LogP contribution in [0.25, 0.3) is 11.4 Å². The number of fused-ring (bicyclic) bond motifs is 1. The van der Waals surface area contributed by atoms with E-state index in [9.17, 15) is 4.79 Å². The smallest absolute Gasteiger partial charge is 0.240 e. The van der Waals surface area contributed by atoms with Gasteiger partial charge in [0.25, 0.3) is 0 Å². The zero-order valence-electron chi connectivity index (χ0n) is 17.4. The number of hydrogen-bond acceptors (Lipinski definition) is 4. The first-order valence-corrected chi connectivity index (χ1v) is 11.1. The Labute approximate surface area is 181 Å². The minimum absolute atomic E-state index is 0.109. The molecule has 1 unspecified atom stereocenters. The number of para-hydroxylation sites is 1. The molecule has 5 nitrogen and oxygen atoms in total. The highest BCUT2D eigenvalue weighted by Gasteiger charge is 2.28. The Bertz CT molecular complexity index is 1070. The molecule has 0 saturated carbocycles. The Balaban J connectivity index is 1.58. The fourth-order valence-corrected chi connectivity index (χ4v) is 4.78. The molecule has 30 heavy (non-hydrogen) atoms. The van der Waals surface area contributed by atoms with Gasteiger partial charge >= 0.3 is 0 Å². The average molecular weight is 419 g/mol. The van der Waals surface area contributed by atoms with Crippen LogP contribution < -0.4 is 4.90 Å². The molecule has 0 aliphatic carbocycles. The number of carbonyl (C=O) groups is 1. The first-order chi connectivity index (χ1) is 14.6. The summed E-state index contributed by atoms with van der Waals surface area (Å²) in [7, 11) is 0. The van der Waals surface area contributed by atoms with Crippen molar-refractivity contribution in [1.29, 1.82) is 0 Å². The topological polar surface area (TPSA) is 51.0 Å². The number of anilines is 1. The standard InChI is InChI=1S/C24H26N4OS/c1-4-14-28-22(20-11-7-9-17(2)16-20)25-26-24(28)30-18(3)23(29)27-15-8-12-19-10-5-6-13-21(19)27/h4-7,9-11,13,16,18H,1,8,12,14-15H2,2-3H3. The Morgan fingerprint density at radius 1 is 1.23 bits per heavy atom. The van der Waals surface area contributed by atoms with Gasteiger partial charge in [0.05, 0.1) is 5.25 Å². The quantitative estimate of drug-likeness (QED) is 0.422. The zero-order valence-corrected chi connectivity index (χ0v) is 18.2. The summed E-state index contributed by atoms with van der Waals surface area (Å²) in [6.07, 6.45) is 3.85. The number of hydrogen-bond donors (Lipinski definition) is 0. The van der Waals surface area contributed by atoms with Gasteiger partial charge < -0.3 is 4.90 Å². The van der Waals surface area contributed by atoms with Crippen LogP contribution in [0, 0.1) is 6.92 Å². The number of allylic oxidation sites excluding steroid dienone is 1. The molecule has 2 heterocycles. The van der Waals surface area contributed by atoms with Crippen LogP contribution in [0.3, 0.4) is 0 Å². The van der Waals surface area contributed by atoms with Gasteiger partial charge in [-0.1, -0.05) is 59.8 Å². The first-order valence-electron chi connectivity index (χ1n) is 10.3. The van der Waals surface area contributed by atoms with Crippen molar-refractivity contribution in [3.8, 4) is 11.4 Å². The molecule has 1 atom stereocenters.